The molecule has 1 nitrogen and oxygen atoms in total. The molecular weight excluding hydrogens is 366 g/mol. The van der Waals surface area contributed by atoms with Crippen LogP contribution in [0.5, 0.6) is 5.75 Å². The highest BCUT2D eigenvalue weighted by molar-refractivity contribution is 5.86. The molecule has 0 spiro atoms. The highest BCUT2D eigenvalue weighted by atomic mass is 19.1. The molecule has 0 aliphatic heterocycles. The van der Waals surface area contributed by atoms with E-state index in [1.54, 1.807) is 24.3 Å². The summed E-state index contributed by atoms with van der Waals surface area (Å²) in [6.07, 6.45) is 11.8. The van der Waals surface area contributed by atoms with Crippen molar-refractivity contribution in [3.63, 3.8) is 0 Å². The first-order valence-corrected chi connectivity index (χ1v) is 11.3. The van der Waals surface area contributed by atoms with E-state index in [0.29, 0.717) is 11.3 Å². The summed E-state index contributed by atoms with van der Waals surface area (Å²) in [4.78, 5) is 0. The van der Waals surface area contributed by atoms with Crippen LogP contribution in [0.15, 0.2) is 36.9 Å². The number of benzene rings is 2. The Morgan fingerprint density at radius 3 is 2.66 bits per heavy atom. The molecule has 29 heavy (non-hydrogen) atoms. The van der Waals surface area contributed by atoms with Crippen molar-refractivity contribution < 1.29 is 13.5 Å². The molecule has 2 fully saturated rings. The topological polar surface area (TPSA) is 9.23 Å². The normalized spacial score (nSPS) is 26.9. The minimum absolute atomic E-state index is 0.0315. The second kappa shape index (κ2) is 8.85. The van der Waals surface area contributed by atoms with Gasteiger partial charge in [-0.2, -0.15) is 0 Å². The zero-order chi connectivity index (χ0) is 20.4. The Labute approximate surface area is 173 Å². The van der Waals surface area contributed by atoms with E-state index in [1.165, 1.54) is 38.5 Å². The molecule has 4 rings (SSSR count). The molecule has 2 unspecified atom stereocenters. The summed E-state index contributed by atoms with van der Waals surface area (Å²) in [6.45, 7) is 6.06. The van der Waals surface area contributed by atoms with E-state index in [-0.39, 0.29) is 17.7 Å². The van der Waals surface area contributed by atoms with E-state index in [1.807, 2.05) is 6.07 Å². The van der Waals surface area contributed by atoms with Crippen LogP contribution in [0.4, 0.5) is 8.78 Å². The van der Waals surface area contributed by atoms with E-state index in [4.69, 9.17) is 4.74 Å². The molecule has 2 saturated carbocycles. The Morgan fingerprint density at radius 1 is 1.07 bits per heavy atom. The molecule has 0 radical (unpaired) electrons. The van der Waals surface area contributed by atoms with Crippen LogP contribution in [-0.2, 0) is 0 Å². The van der Waals surface area contributed by atoms with Gasteiger partial charge in [-0.05, 0) is 78.9 Å². The summed E-state index contributed by atoms with van der Waals surface area (Å²) in [5, 5.41) is 0.654. The predicted octanol–water partition coefficient (Wildman–Crippen LogP) is 7.78. The monoisotopic (exact) mass is 398 g/mol. The number of fused-ring (bicyclic) bond motifs is 2. The van der Waals surface area contributed by atoms with E-state index in [0.717, 1.165) is 36.2 Å². The summed E-state index contributed by atoms with van der Waals surface area (Å²) in [5.74, 6) is 1.90. The molecule has 0 heterocycles. The van der Waals surface area contributed by atoms with Gasteiger partial charge in [0.05, 0.1) is 5.39 Å². The molecule has 3 heteroatoms. The third-order valence-corrected chi connectivity index (χ3v) is 7.24. The molecule has 2 aromatic carbocycles. The van der Waals surface area contributed by atoms with Gasteiger partial charge >= 0.3 is 0 Å². The quantitative estimate of drug-likeness (QED) is 0.451. The Hall–Kier alpha value is -1.90. The Kier molecular flexibility index (Phi) is 6.22. The lowest BCUT2D eigenvalue weighted by Gasteiger charge is -2.42. The minimum Gasteiger partial charge on any atom is -0.486 e. The molecule has 2 aliphatic rings. The van der Waals surface area contributed by atoms with Gasteiger partial charge in [-0.15, -0.1) is 0 Å². The largest absolute Gasteiger partial charge is 0.486 e. The van der Waals surface area contributed by atoms with Crippen molar-refractivity contribution in [1.29, 1.82) is 0 Å². The highest BCUT2D eigenvalue weighted by Crippen LogP contribution is 2.48. The van der Waals surface area contributed by atoms with Crippen LogP contribution in [0.3, 0.4) is 0 Å². The molecule has 2 aliphatic carbocycles. The Bertz CT molecular complexity index is 875. The Morgan fingerprint density at radius 2 is 1.86 bits per heavy atom. The van der Waals surface area contributed by atoms with Crippen molar-refractivity contribution >= 4 is 10.8 Å². The fourth-order valence-electron chi connectivity index (χ4n) is 5.83. The first kappa shape index (κ1) is 20.4. The van der Waals surface area contributed by atoms with Crippen molar-refractivity contribution in [2.75, 3.05) is 6.61 Å². The van der Waals surface area contributed by atoms with Crippen LogP contribution in [0.1, 0.15) is 69.8 Å². The average molecular weight is 399 g/mol. The maximum absolute atomic E-state index is 14.9. The lowest BCUT2D eigenvalue weighted by molar-refractivity contribution is 0.114. The molecule has 0 amide bonds. The lowest BCUT2D eigenvalue weighted by Crippen LogP contribution is -2.30. The van der Waals surface area contributed by atoms with Crippen molar-refractivity contribution in [1.82, 2.24) is 0 Å². The van der Waals surface area contributed by atoms with Crippen LogP contribution in [-0.4, -0.2) is 6.61 Å². The van der Waals surface area contributed by atoms with Gasteiger partial charge in [-0.1, -0.05) is 51.0 Å². The van der Waals surface area contributed by atoms with Gasteiger partial charge in [-0.25, -0.2) is 8.78 Å². The molecule has 0 bridgehead atoms. The number of rotatable bonds is 6. The molecule has 4 atom stereocenters. The first-order chi connectivity index (χ1) is 14.1. The first-order valence-electron chi connectivity index (χ1n) is 11.3. The van der Waals surface area contributed by atoms with Gasteiger partial charge in [-0.3, -0.25) is 0 Å². The van der Waals surface area contributed by atoms with Crippen molar-refractivity contribution in [2.45, 2.75) is 64.2 Å². The second-order valence-electron chi connectivity index (χ2n) is 9.08. The fourth-order valence-corrected chi connectivity index (χ4v) is 5.83. The van der Waals surface area contributed by atoms with Crippen LogP contribution < -0.4 is 4.74 Å². The number of hydrogen-bond acceptors (Lipinski definition) is 1. The minimum atomic E-state index is -0.619. The average Bonchev–Trinajstić information content (AvgIpc) is 2.73. The Balaban J connectivity index is 1.54. The zero-order valence-electron chi connectivity index (χ0n) is 17.4. The van der Waals surface area contributed by atoms with E-state index < -0.39 is 11.6 Å². The van der Waals surface area contributed by atoms with Gasteiger partial charge in [0.15, 0.2) is 11.6 Å². The standard InChI is InChI=1S/C26H32F2O/c1-3-5-17-6-7-19-14-20(9-8-18(19)13-17)22-15-21-10-11-24(29-12-4-2)26(28)25(21)23(27)16-22/h4,10-11,15-20H,2-3,5-9,12-14H2,1H3/t17?,18-,19?,20-/m1/s1. The van der Waals surface area contributed by atoms with Gasteiger partial charge in [0, 0.05) is 0 Å². The second-order valence-corrected chi connectivity index (χ2v) is 9.08. The van der Waals surface area contributed by atoms with Crippen LogP contribution in [0.25, 0.3) is 10.8 Å². The van der Waals surface area contributed by atoms with E-state index in [9.17, 15) is 8.78 Å². The predicted molar refractivity (Wildman–Crippen MR) is 115 cm³/mol. The third kappa shape index (κ3) is 4.20. The van der Waals surface area contributed by atoms with Gasteiger partial charge in [0.2, 0.25) is 0 Å². The van der Waals surface area contributed by atoms with Crippen LogP contribution in [0, 0.1) is 29.4 Å². The smallest absolute Gasteiger partial charge is 0.175 e. The van der Waals surface area contributed by atoms with Crippen molar-refractivity contribution in [3.8, 4) is 5.75 Å². The van der Waals surface area contributed by atoms with Gasteiger partial charge in [0.25, 0.3) is 0 Å². The number of halogens is 2. The lowest BCUT2D eigenvalue weighted by atomic mass is 9.63. The molecule has 156 valence electrons. The van der Waals surface area contributed by atoms with Gasteiger partial charge < -0.3 is 4.74 Å². The molecule has 2 aromatic rings. The molecular formula is C26H32F2O. The number of hydrogen-bond donors (Lipinski definition) is 0. The summed E-state index contributed by atoms with van der Waals surface area (Å²) in [6, 6.07) is 6.92. The molecule has 0 N–H and O–H groups in total. The maximum atomic E-state index is 14.9. The number of ether oxygens (including phenoxy) is 1. The van der Waals surface area contributed by atoms with Crippen molar-refractivity contribution in [3.05, 3.63) is 54.1 Å². The fraction of sp³-hybridized carbons (Fsp3) is 0.538. The summed E-state index contributed by atoms with van der Waals surface area (Å²) >= 11 is 0. The zero-order valence-corrected chi connectivity index (χ0v) is 17.4. The third-order valence-electron chi connectivity index (χ3n) is 7.24. The maximum Gasteiger partial charge on any atom is 0.175 e. The van der Waals surface area contributed by atoms with Crippen LogP contribution in [0.2, 0.25) is 0 Å². The summed E-state index contributed by atoms with van der Waals surface area (Å²) < 4.78 is 35.0. The summed E-state index contributed by atoms with van der Waals surface area (Å²) in [7, 11) is 0. The van der Waals surface area contributed by atoms with Crippen molar-refractivity contribution in [2.24, 2.45) is 17.8 Å². The molecule has 0 saturated heterocycles. The van der Waals surface area contributed by atoms with Crippen LogP contribution >= 0.6 is 0 Å². The SMILES string of the molecule is C=CCOc1ccc2cc([C@@H]3CC[C@@H]4CC(CCC)CCC4C3)cc(F)c2c1F. The van der Waals surface area contributed by atoms with E-state index in [2.05, 4.69) is 13.5 Å². The summed E-state index contributed by atoms with van der Waals surface area (Å²) in [5.41, 5.74) is 1.03. The highest BCUT2D eigenvalue weighted by Gasteiger charge is 2.36. The van der Waals surface area contributed by atoms with E-state index >= 15 is 0 Å². The molecule has 0 aromatic heterocycles. The van der Waals surface area contributed by atoms with Gasteiger partial charge in [0.1, 0.15) is 12.4 Å².